The zero-order valence-corrected chi connectivity index (χ0v) is 15.8. The first kappa shape index (κ1) is 18.9. The maximum atomic E-state index is 13.1. The summed E-state index contributed by atoms with van der Waals surface area (Å²) in [6.07, 6.45) is 3.96. The molecule has 0 unspecified atom stereocenters. The van der Waals surface area contributed by atoms with Gasteiger partial charge in [-0.25, -0.2) is 4.79 Å². The highest BCUT2D eigenvalue weighted by Gasteiger charge is 2.15. The number of aromatic nitrogens is 2. The molecule has 2 aromatic carbocycles. The zero-order chi connectivity index (χ0) is 19.1. The van der Waals surface area contributed by atoms with Gasteiger partial charge in [-0.15, -0.1) is 0 Å². The molecule has 3 aromatic rings. The van der Waals surface area contributed by atoms with E-state index in [-0.39, 0.29) is 11.2 Å². The average Bonchev–Trinajstić information content (AvgIpc) is 2.69. The molecule has 1 N–H and O–H groups in total. The molecule has 4 nitrogen and oxygen atoms in total. The van der Waals surface area contributed by atoms with Gasteiger partial charge in [0.15, 0.2) is 0 Å². The first-order valence-corrected chi connectivity index (χ1v) is 9.61. The highest BCUT2D eigenvalue weighted by Crippen LogP contribution is 2.13. The standard InChI is InChI=1S/C23H26N2O2/c1-2-3-10-15-25-22(26)20(16-18-11-6-4-7-12-18)21(24-23(25)27)17-19-13-8-5-9-14-19/h4-9,11-14H,2-3,10,15-17H2,1H3,(H,24,27). The molecule has 0 radical (unpaired) electrons. The van der Waals surface area contributed by atoms with Gasteiger partial charge in [0.25, 0.3) is 5.56 Å². The summed E-state index contributed by atoms with van der Waals surface area (Å²) in [6, 6.07) is 19.8. The van der Waals surface area contributed by atoms with Gasteiger partial charge in [0.05, 0.1) is 0 Å². The number of unbranched alkanes of at least 4 members (excludes halogenated alkanes) is 2. The quantitative estimate of drug-likeness (QED) is 0.618. The van der Waals surface area contributed by atoms with Crippen molar-refractivity contribution in [3.05, 3.63) is 104 Å². The third kappa shape index (κ3) is 4.85. The predicted octanol–water partition coefficient (Wildman–Crippen LogP) is 3.91. The Hall–Kier alpha value is -2.88. The van der Waals surface area contributed by atoms with Gasteiger partial charge in [-0.3, -0.25) is 9.36 Å². The number of H-pyrrole nitrogens is 1. The number of hydrogen-bond acceptors (Lipinski definition) is 2. The molecule has 0 aliphatic rings. The van der Waals surface area contributed by atoms with E-state index in [9.17, 15) is 9.59 Å². The Bertz CT molecular complexity index is 973. The van der Waals surface area contributed by atoms with E-state index in [0.29, 0.717) is 30.6 Å². The molecule has 140 valence electrons. The molecular formula is C23H26N2O2. The van der Waals surface area contributed by atoms with Crippen molar-refractivity contribution in [2.75, 3.05) is 0 Å². The fourth-order valence-corrected chi connectivity index (χ4v) is 3.31. The fourth-order valence-electron chi connectivity index (χ4n) is 3.31. The molecule has 4 heteroatoms. The number of nitrogens with zero attached hydrogens (tertiary/aromatic N) is 1. The molecule has 0 aliphatic carbocycles. The van der Waals surface area contributed by atoms with E-state index in [0.717, 1.165) is 30.4 Å². The first-order valence-electron chi connectivity index (χ1n) is 9.61. The van der Waals surface area contributed by atoms with Crippen LogP contribution < -0.4 is 11.2 Å². The number of aromatic amines is 1. The summed E-state index contributed by atoms with van der Waals surface area (Å²) in [5.74, 6) is 0. The highest BCUT2D eigenvalue weighted by molar-refractivity contribution is 5.31. The van der Waals surface area contributed by atoms with Crippen LogP contribution in [0.3, 0.4) is 0 Å². The molecule has 0 spiro atoms. The second kappa shape index (κ2) is 9.17. The number of nitrogens with one attached hydrogen (secondary N) is 1. The summed E-state index contributed by atoms with van der Waals surface area (Å²) in [6.45, 7) is 2.58. The third-order valence-corrected chi connectivity index (χ3v) is 4.80. The second-order valence-corrected chi connectivity index (χ2v) is 6.88. The Morgan fingerprint density at radius 2 is 1.41 bits per heavy atom. The molecule has 0 saturated heterocycles. The maximum Gasteiger partial charge on any atom is 0.328 e. The van der Waals surface area contributed by atoms with Gasteiger partial charge in [-0.05, 0) is 17.5 Å². The normalized spacial score (nSPS) is 10.9. The molecule has 0 saturated carbocycles. The predicted molar refractivity (Wildman–Crippen MR) is 109 cm³/mol. The molecular weight excluding hydrogens is 336 g/mol. The van der Waals surface area contributed by atoms with Gasteiger partial charge in [0, 0.05) is 30.6 Å². The van der Waals surface area contributed by atoms with E-state index in [1.165, 1.54) is 4.57 Å². The van der Waals surface area contributed by atoms with Crippen LogP contribution in [-0.2, 0) is 19.4 Å². The summed E-state index contributed by atoms with van der Waals surface area (Å²) >= 11 is 0. The van der Waals surface area contributed by atoms with E-state index in [1.54, 1.807) is 0 Å². The maximum absolute atomic E-state index is 13.1. The van der Waals surface area contributed by atoms with Gasteiger partial charge in [0.2, 0.25) is 0 Å². The average molecular weight is 362 g/mol. The Morgan fingerprint density at radius 1 is 0.815 bits per heavy atom. The van der Waals surface area contributed by atoms with Crippen LogP contribution in [0.25, 0.3) is 0 Å². The van der Waals surface area contributed by atoms with E-state index < -0.39 is 0 Å². The lowest BCUT2D eigenvalue weighted by atomic mass is 10.0. The van der Waals surface area contributed by atoms with E-state index in [2.05, 4.69) is 11.9 Å². The molecule has 27 heavy (non-hydrogen) atoms. The van der Waals surface area contributed by atoms with Crippen LogP contribution in [0, 0.1) is 0 Å². The zero-order valence-electron chi connectivity index (χ0n) is 15.8. The summed E-state index contributed by atoms with van der Waals surface area (Å²) in [5.41, 5.74) is 3.07. The van der Waals surface area contributed by atoms with Crippen LogP contribution in [0.1, 0.15) is 48.6 Å². The Morgan fingerprint density at radius 3 is 2.00 bits per heavy atom. The van der Waals surface area contributed by atoms with Crippen LogP contribution in [0.2, 0.25) is 0 Å². The van der Waals surface area contributed by atoms with Gasteiger partial charge in [-0.1, -0.05) is 80.4 Å². The van der Waals surface area contributed by atoms with Crippen molar-refractivity contribution in [2.45, 2.75) is 45.6 Å². The largest absolute Gasteiger partial charge is 0.328 e. The third-order valence-electron chi connectivity index (χ3n) is 4.80. The molecule has 1 heterocycles. The molecule has 0 atom stereocenters. The Balaban J connectivity index is 2.02. The van der Waals surface area contributed by atoms with E-state index in [1.807, 2.05) is 60.7 Å². The van der Waals surface area contributed by atoms with Gasteiger partial charge < -0.3 is 4.98 Å². The molecule has 0 fully saturated rings. The van der Waals surface area contributed by atoms with Crippen molar-refractivity contribution >= 4 is 0 Å². The van der Waals surface area contributed by atoms with Crippen molar-refractivity contribution in [3.63, 3.8) is 0 Å². The second-order valence-electron chi connectivity index (χ2n) is 6.88. The van der Waals surface area contributed by atoms with Crippen molar-refractivity contribution in [1.82, 2.24) is 9.55 Å². The van der Waals surface area contributed by atoms with Crippen molar-refractivity contribution in [2.24, 2.45) is 0 Å². The number of hydrogen-bond donors (Lipinski definition) is 1. The SMILES string of the molecule is CCCCCn1c(=O)[nH]c(Cc2ccccc2)c(Cc2ccccc2)c1=O. The van der Waals surface area contributed by atoms with E-state index >= 15 is 0 Å². The molecule has 0 amide bonds. The minimum absolute atomic E-state index is 0.162. The Kier molecular flexibility index (Phi) is 6.42. The summed E-state index contributed by atoms with van der Waals surface area (Å²) in [7, 11) is 0. The first-order chi connectivity index (χ1) is 13.2. The number of rotatable bonds is 8. The van der Waals surface area contributed by atoms with Crippen molar-refractivity contribution < 1.29 is 0 Å². The molecule has 3 rings (SSSR count). The van der Waals surface area contributed by atoms with Crippen molar-refractivity contribution in [1.29, 1.82) is 0 Å². The Labute approximate surface area is 159 Å². The minimum Gasteiger partial charge on any atom is -0.310 e. The van der Waals surface area contributed by atoms with Crippen molar-refractivity contribution in [3.8, 4) is 0 Å². The topological polar surface area (TPSA) is 54.9 Å². The fraction of sp³-hybridized carbons (Fsp3) is 0.304. The summed E-state index contributed by atoms with van der Waals surface area (Å²) in [5, 5.41) is 0. The van der Waals surface area contributed by atoms with Crippen LogP contribution in [0.15, 0.2) is 70.3 Å². The smallest absolute Gasteiger partial charge is 0.310 e. The lowest BCUT2D eigenvalue weighted by Gasteiger charge is -2.13. The summed E-state index contributed by atoms with van der Waals surface area (Å²) < 4.78 is 1.36. The van der Waals surface area contributed by atoms with Crippen LogP contribution >= 0.6 is 0 Å². The van der Waals surface area contributed by atoms with Crippen LogP contribution in [0.5, 0.6) is 0 Å². The van der Waals surface area contributed by atoms with Gasteiger partial charge >= 0.3 is 5.69 Å². The number of benzene rings is 2. The molecule has 1 aromatic heterocycles. The highest BCUT2D eigenvalue weighted by atomic mass is 16.2. The van der Waals surface area contributed by atoms with Gasteiger partial charge in [0.1, 0.15) is 0 Å². The van der Waals surface area contributed by atoms with E-state index in [4.69, 9.17) is 0 Å². The molecule has 0 aliphatic heterocycles. The molecule has 0 bridgehead atoms. The lowest BCUT2D eigenvalue weighted by molar-refractivity contribution is 0.556. The minimum atomic E-state index is -0.307. The van der Waals surface area contributed by atoms with Crippen LogP contribution in [-0.4, -0.2) is 9.55 Å². The summed E-state index contributed by atoms with van der Waals surface area (Å²) in [4.78, 5) is 28.7. The monoisotopic (exact) mass is 362 g/mol. The lowest BCUT2D eigenvalue weighted by Crippen LogP contribution is -2.39. The van der Waals surface area contributed by atoms with Gasteiger partial charge in [-0.2, -0.15) is 0 Å². The van der Waals surface area contributed by atoms with Crippen LogP contribution in [0.4, 0.5) is 0 Å².